The minimum Gasteiger partial charge on any atom is -0.496 e. The Balaban J connectivity index is 1.99. The molecule has 1 saturated carbocycles. The molecule has 0 bridgehead atoms. The molecular formula is C20H20N2O2. The summed E-state index contributed by atoms with van der Waals surface area (Å²) in [4.78, 5) is 12.4. The van der Waals surface area contributed by atoms with E-state index in [-0.39, 0.29) is 17.5 Å². The molecule has 24 heavy (non-hydrogen) atoms. The summed E-state index contributed by atoms with van der Waals surface area (Å²) in [5, 5.41) is 14.4. The van der Waals surface area contributed by atoms with Crippen molar-refractivity contribution in [1.29, 1.82) is 5.26 Å². The van der Waals surface area contributed by atoms with Crippen LogP contribution in [-0.4, -0.2) is 19.1 Å². The molecule has 0 unspecified atom stereocenters. The number of carbonyl (C=O) groups excluding carboxylic acids is 1. The van der Waals surface area contributed by atoms with Crippen LogP contribution in [0, 0.1) is 11.3 Å². The van der Waals surface area contributed by atoms with Gasteiger partial charge in [-0.15, -0.1) is 0 Å². The lowest BCUT2D eigenvalue weighted by Crippen LogP contribution is -2.33. The van der Waals surface area contributed by atoms with Gasteiger partial charge < -0.3 is 10.1 Å². The van der Waals surface area contributed by atoms with Crippen molar-refractivity contribution in [3.05, 3.63) is 47.5 Å². The number of rotatable bonds is 4. The van der Waals surface area contributed by atoms with Crippen molar-refractivity contribution in [2.75, 3.05) is 7.11 Å². The fourth-order valence-corrected chi connectivity index (χ4v) is 3.23. The van der Waals surface area contributed by atoms with Crippen LogP contribution in [0.5, 0.6) is 5.75 Å². The van der Waals surface area contributed by atoms with E-state index in [9.17, 15) is 10.1 Å². The second-order valence-corrected chi connectivity index (χ2v) is 6.03. The highest BCUT2D eigenvalue weighted by atomic mass is 16.5. The lowest BCUT2D eigenvalue weighted by atomic mass is 10.0. The lowest BCUT2D eigenvalue weighted by Gasteiger charge is -2.12. The van der Waals surface area contributed by atoms with Crippen LogP contribution in [0.3, 0.4) is 0 Å². The molecule has 0 aromatic heterocycles. The van der Waals surface area contributed by atoms with E-state index in [1.807, 2.05) is 42.5 Å². The summed E-state index contributed by atoms with van der Waals surface area (Å²) in [7, 11) is 1.59. The fraction of sp³-hybridized carbons (Fsp3) is 0.300. The number of methoxy groups -OCH3 is 1. The maximum atomic E-state index is 12.4. The predicted octanol–water partition coefficient (Wildman–Crippen LogP) is 3.81. The van der Waals surface area contributed by atoms with Gasteiger partial charge in [0.1, 0.15) is 17.4 Å². The van der Waals surface area contributed by atoms with Gasteiger partial charge in [-0.2, -0.15) is 5.26 Å². The van der Waals surface area contributed by atoms with Gasteiger partial charge in [0.15, 0.2) is 0 Å². The van der Waals surface area contributed by atoms with Crippen LogP contribution in [0.2, 0.25) is 0 Å². The molecule has 0 saturated heterocycles. The monoisotopic (exact) mass is 320 g/mol. The SMILES string of the molecule is COc1ccc2ccccc2c1C=C(C#N)C(=O)NC1CCCC1. The van der Waals surface area contributed by atoms with Crippen molar-refractivity contribution < 1.29 is 9.53 Å². The highest BCUT2D eigenvalue weighted by molar-refractivity contribution is 6.05. The maximum absolute atomic E-state index is 12.4. The van der Waals surface area contributed by atoms with Crippen LogP contribution >= 0.6 is 0 Å². The molecule has 2 aromatic rings. The van der Waals surface area contributed by atoms with Gasteiger partial charge in [0.05, 0.1) is 7.11 Å². The highest BCUT2D eigenvalue weighted by Crippen LogP contribution is 2.30. The van der Waals surface area contributed by atoms with E-state index < -0.39 is 0 Å². The van der Waals surface area contributed by atoms with E-state index in [0.717, 1.165) is 42.0 Å². The van der Waals surface area contributed by atoms with E-state index >= 15 is 0 Å². The molecule has 3 rings (SSSR count). The van der Waals surface area contributed by atoms with E-state index in [1.54, 1.807) is 13.2 Å². The topological polar surface area (TPSA) is 62.1 Å². The molecule has 2 aromatic carbocycles. The third kappa shape index (κ3) is 3.26. The second kappa shape index (κ2) is 7.18. The predicted molar refractivity (Wildman–Crippen MR) is 94.5 cm³/mol. The minimum absolute atomic E-state index is 0.108. The first kappa shape index (κ1) is 16.1. The number of carbonyl (C=O) groups is 1. The number of ether oxygens (including phenoxy) is 1. The molecule has 122 valence electrons. The van der Waals surface area contributed by atoms with Crippen molar-refractivity contribution in [3.63, 3.8) is 0 Å². The summed E-state index contributed by atoms with van der Waals surface area (Å²) in [5.41, 5.74) is 0.866. The van der Waals surface area contributed by atoms with Crippen LogP contribution in [0.1, 0.15) is 31.2 Å². The van der Waals surface area contributed by atoms with Crippen LogP contribution in [0.4, 0.5) is 0 Å². The van der Waals surface area contributed by atoms with Gasteiger partial charge in [-0.1, -0.05) is 43.2 Å². The number of benzene rings is 2. The number of nitrogens with zero attached hydrogens (tertiary/aromatic N) is 1. The third-order valence-electron chi connectivity index (χ3n) is 4.49. The van der Waals surface area contributed by atoms with Gasteiger partial charge in [-0.3, -0.25) is 4.79 Å². The number of fused-ring (bicyclic) bond motifs is 1. The fourth-order valence-electron chi connectivity index (χ4n) is 3.23. The quantitative estimate of drug-likeness (QED) is 0.688. The lowest BCUT2D eigenvalue weighted by molar-refractivity contribution is -0.117. The first-order valence-electron chi connectivity index (χ1n) is 8.21. The van der Waals surface area contributed by atoms with Gasteiger partial charge in [0, 0.05) is 11.6 Å². The Morgan fingerprint density at radius 1 is 1.25 bits per heavy atom. The summed E-state index contributed by atoms with van der Waals surface area (Å²) in [6, 6.07) is 13.9. The largest absolute Gasteiger partial charge is 0.496 e. The van der Waals surface area contributed by atoms with Crippen LogP contribution in [-0.2, 0) is 4.79 Å². The third-order valence-corrected chi connectivity index (χ3v) is 4.49. The van der Waals surface area contributed by atoms with Gasteiger partial charge in [0.2, 0.25) is 0 Å². The molecule has 1 aliphatic rings. The Morgan fingerprint density at radius 3 is 2.71 bits per heavy atom. The Bertz CT molecular complexity index is 827. The van der Waals surface area contributed by atoms with Gasteiger partial charge in [-0.05, 0) is 35.8 Å². The van der Waals surface area contributed by atoms with Crippen LogP contribution in [0.15, 0.2) is 42.0 Å². The molecule has 1 N–H and O–H groups in total. The van der Waals surface area contributed by atoms with Gasteiger partial charge >= 0.3 is 0 Å². The Morgan fingerprint density at radius 2 is 2.00 bits per heavy atom. The van der Waals surface area contributed by atoms with Crippen LogP contribution < -0.4 is 10.1 Å². The number of hydrogen-bond acceptors (Lipinski definition) is 3. The smallest absolute Gasteiger partial charge is 0.262 e. The first-order chi connectivity index (χ1) is 11.7. The van der Waals surface area contributed by atoms with Crippen molar-refractivity contribution in [2.24, 2.45) is 0 Å². The summed E-state index contributed by atoms with van der Waals surface area (Å²) in [5.74, 6) is 0.342. The molecule has 1 aliphatic carbocycles. The molecule has 4 nitrogen and oxygen atoms in total. The zero-order valence-electron chi connectivity index (χ0n) is 13.7. The molecule has 4 heteroatoms. The zero-order valence-corrected chi connectivity index (χ0v) is 13.7. The average Bonchev–Trinajstić information content (AvgIpc) is 3.12. The Labute approximate surface area is 141 Å². The minimum atomic E-state index is -0.306. The molecular weight excluding hydrogens is 300 g/mol. The van der Waals surface area contributed by atoms with Crippen molar-refractivity contribution in [3.8, 4) is 11.8 Å². The Kier molecular flexibility index (Phi) is 4.81. The van der Waals surface area contributed by atoms with Gasteiger partial charge in [-0.25, -0.2) is 0 Å². The molecule has 1 amide bonds. The second-order valence-electron chi connectivity index (χ2n) is 6.03. The molecule has 0 atom stereocenters. The summed E-state index contributed by atoms with van der Waals surface area (Å²) >= 11 is 0. The molecule has 0 heterocycles. The van der Waals surface area contributed by atoms with E-state index in [0.29, 0.717) is 5.75 Å². The number of amides is 1. The van der Waals surface area contributed by atoms with E-state index in [4.69, 9.17) is 4.74 Å². The van der Waals surface area contributed by atoms with Crippen molar-refractivity contribution in [2.45, 2.75) is 31.7 Å². The molecule has 0 spiro atoms. The highest BCUT2D eigenvalue weighted by Gasteiger charge is 2.20. The van der Waals surface area contributed by atoms with E-state index in [1.165, 1.54) is 0 Å². The summed E-state index contributed by atoms with van der Waals surface area (Å²) in [6.07, 6.45) is 5.87. The molecule has 0 aliphatic heterocycles. The Hall–Kier alpha value is -2.80. The standard InChI is InChI=1S/C20H20N2O2/c1-24-19-11-10-14-6-2-5-9-17(14)18(19)12-15(13-21)20(23)22-16-7-3-4-8-16/h2,5-6,9-12,16H,3-4,7-8H2,1H3,(H,22,23). The van der Waals surface area contributed by atoms with Crippen LogP contribution in [0.25, 0.3) is 16.8 Å². The zero-order chi connectivity index (χ0) is 16.9. The molecule has 1 fully saturated rings. The van der Waals surface area contributed by atoms with Crippen molar-refractivity contribution >= 4 is 22.8 Å². The number of hydrogen-bond donors (Lipinski definition) is 1. The first-order valence-corrected chi connectivity index (χ1v) is 8.21. The van der Waals surface area contributed by atoms with Crippen molar-refractivity contribution in [1.82, 2.24) is 5.32 Å². The van der Waals surface area contributed by atoms with Gasteiger partial charge in [0.25, 0.3) is 5.91 Å². The average molecular weight is 320 g/mol. The number of nitriles is 1. The normalized spacial score (nSPS) is 15.2. The summed E-state index contributed by atoms with van der Waals surface area (Å²) in [6.45, 7) is 0. The maximum Gasteiger partial charge on any atom is 0.262 e. The number of nitrogens with one attached hydrogen (secondary N) is 1. The molecule has 0 radical (unpaired) electrons. The summed E-state index contributed by atoms with van der Waals surface area (Å²) < 4.78 is 5.43. The van der Waals surface area contributed by atoms with E-state index in [2.05, 4.69) is 5.32 Å².